The van der Waals surface area contributed by atoms with Crippen LogP contribution in [-0.2, 0) is 0 Å². The summed E-state index contributed by atoms with van der Waals surface area (Å²) in [5.74, 6) is 1.29. The van der Waals surface area contributed by atoms with Gasteiger partial charge in [0.05, 0.1) is 12.4 Å². The van der Waals surface area contributed by atoms with Gasteiger partial charge < -0.3 is 14.4 Å². The first kappa shape index (κ1) is 9.04. The molecular weight excluding hydrogens is 190 g/mol. The number of hydrogen-bond donors (Lipinski definition) is 1. The predicted octanol–water partition coefficient (Wildman–Crippen LogP) is 1.71. The lowest BCUT2D eigenvalue weighted by Gasteiger charge is -2.45. The first-order valence-electron chi connectivity index (χ1n) is 5.53. The summed E-state index contributed by atoms with van der Waals surface area (Å²) in [5, 5.41) is 10.1. The van der Waals surface area contributed by atoms with Crippen molar-refractivity contribution in [3.8, 4) is 0 Å². The predicted molar refractivity (Wildman–Crippen MR) is 57.0 cm³/mol. The summed E-state index contributed by atoms with van der Waals surface area (Å²) in [6.45, 7) is 2.16. The Balaban J connectivity index is 1.92. The Labute approximate surface area is 89.0 Å². The molecule has 4 rings (SSSR count). The average molecular weight is 205 g/mol. The third-order valence-corrected chi connectivity index (χ3v) is 3.49. The highest BCUT2D eigenvalue weighted by atomic mass is 16.3. The molecule has 3 nitrogen and oxygen atoms in total. The molecule has 80 valence electrons. The van der Waals surface area contributed by atoms with E-state index >= 15 is 0 Å². The monoisotopic (exact) mass is 205 g/mol. The fourth-order valence-electron chi connectivity index (χ4n) is 2.60. The van der Waals surface area contributed by atoms with E-state index < -0.39 is 0 Å². The summed E-state index contributed by atoms with van der Waals surface area (Å²) in [6.07, 6.45) is 5.58. The minimum atomic E-state index is -0.294. The fourth-order valence-corrected chi connectivity index (χ4v) is 2.60. The van der Waals surface area contributed by atoms with Crippen LogP contribution in [0.1, 0.15) is 18.6 Å². The van der Waals surface area contributed by atoms with E-state index in [9.17, 15) is 5.11 Å². The number of rotatable bonds is 1. The van der Waals surface area contributed by atoms with Gasteiger partial charge in [0.15, 0.2) is 0 Å². The molecule has 3 aliphatic rings. The number of aliphatic hydroxyl groups excluding tert-OH is 1. The topological polar surface area (TPSA) is 36.6 Å². The Hall–Kier alpha value is -1.22. The summed E-state index contributed by atoms with van der Waals surface area (Å²) in [7, 11) is 0. The number of aliphatic hydroxyl groups is 1. The van der Waals surface area contributed by atoms with Gasteiger partial charge in [-0.1, -0.05) is 0 Å². The molecule has 3 heteroatoms. The summed E-state index contributed by atoms with van der Waals surface area (Å²) in [6, 6.07) is 3.79. The van der Waals surface area contributed by atoms with Crippen LogP contribution in [-0.4, -0.2) is 29.2 Å². The van der Waals surface area contributed by atoms with Crippen molar-refractivity contribution in [1.29, 1.82) is 0 Å². The Morgan fingerprint density at radius 1 is 1.40 bits per heavy atom. The van der Waals surface area contributed by atoms with E-state index in [0.717, 1.165) is 37.4 Å². The summed E-state index contributed by atoms with van der Waals surface area (Å²) in [4.78, 5) is 2.27. The molecular formula is C12H15NO2. The molecule has 1 aromatic rings. The van der Waals surface area contributed by atoms with Crippen molar-refractivity contribution in [1.82, 2.24) is 4.90 Å². The van der Waals surface area contributed by atoms with Crippen molar-refractivity contribution < 1.29 is 9.52 Å². The standard InChI is InChI=1S/C12H15NO2/c14-12-9-3-5-13(6-4-9)11(12)8-10-2-1-7-15-10/h1-2,7-9,12,14H,3-6H2. The summed E-state index contributed by atoms with van der Waals surface area (Å²) < 4.78 is 5.28. The van der Waals surface area contributed by atoms with E-state index in [1.807, 2.05) is 18.2 Å². The minimum absolute atomic E-state index is 0.294. The Bertz CT molecular complexity index is 357. The van der Waals surface area contributed by atoms with E-state index in [2.05, 4.69) is 4.90 Å². The molecule has 3 saturated heterocycles. The lowest BCUT2D eigenvalue weighted by molar-refractivity contribution is 0.0213. The van der Waals surface area contributed by atoms with E-state index in [-0.39, 0.29) is 6.10 Å². The largest absolute Gasteiger partial charge is 0.465 e. The van der Waals surface area contributed by atoms with Crippen molar-refractivity contribution in [2.75, 3.05) is 13.1 Å². The van der Waals surface area contributed by atoms with E-state index in [1.54, 1.807) is 6.26 Å². The zero-order valence-corrected chi connectivity index (χ0v) is 8.60. The van der Waals surface area contributed by atoms with E-state index in [0.29, 0.717) is 5.92 Å². The van der Waals surface area contributed by atoms with Crippen LogP contribution in [0.15, 0.2) is 28.5 Å². The van der Waals surface area contributed by atoms with Gasteiger partial charge in [0.25, 0.3) is 0 Å². The second kappa shape index (κ2) is 3.42. The molecule has 0 spiro atoms. The van der Waals surface area contributed by atoms with Crippen molar-refractivity contribution in [2.24, 2.45) is 5.92 Å². The SMILES string of the molecule is OC1C(=Cc2ccco2)N2CCC1CC2. The first-order valence-corrected chi connectivity index (χ1v) is 5.53. The van der Waals surface area contributed by atoms with Crippen LogP contribution in [0.5, 0.6) is 0 Å². The van der Waals surface area contributed by atoms with Gasteiger partial charge >= 0.3 is 0 Å². The number of piperidine rings is 3. The van der Waals surface area contributed by atoms with Crippen LogP contribution in [0.3, 0.4) is 0 Å². The third kappa shape index (κ3) is 1.47. The van der Waals surface area contributed by atoms with E-state index in [1.165, 1.54) is 0 Å². The summed E-state index contributed by atoms with van der Waals surface area (Å²) in [5.41, 5.74) is 1.03. The van der Waals surface area contributed by atoms with Gasteiger partial charge in [-0.05, 0) is 30.9 Å². The third-order valence-electron chi connectivity index (χ3n) is 3.49. The normalized spacial score (nSPS) is 32.6. The molecule has 1 unspecified atom stereocenters. The van der Waals surface area contributed by atoms with Gasteiger partial charge in [-0.25, -0.2) is 0 Å². The molecule has 3 aliphatic heterocycles. The second-order valence-corrected chi connectivity index (χ2v) is 4.35. The Morgan fingerprint density at radius 2 is 2.20 bits per heavy atom. The van der Waals surface area contributed by atoms with Crippen LogP contribution >= 0.6 is 0 Å². The zero-order chi connectivity index (χ0) is 10.3. The summed E-state index contributed by atoms with van der Waals surface area (Å²) >= 11 is 0. The lowest BCUT2D eigenvalue weighted by atomic mass is 9.83. The number of nitrogens with zero attached hydrogens (tertiary/aromatic N) is 1. The van der Waals surface area contributed by atoms with Gasteiger partial charge in [-0.15, -0.1) is 0 Å². The molecule has 1 aromatic heterocycles. The molecule has 1 N–H and O–H groups in total. The average Bonchev–Trinajstić information content (AvgIpc) is 2.77. The van der Waals surface area contributed by atoms with Crippen molar-refractivity contribution >= 4 is 6.08 Å². The van der Waals surface area contributed by atoms with Gasteiger partial charge in [0.1, 0.15) is 5.76 Å². The molecule has 15 heavy (non-hydrogen) atoms. The molecule has 0 saturated carbocycles. The molecule has 1 atom stereocenters. The van der Waals surface area contributed by atoms with Gasteiger partial charge in [0.2, 0.25) is 0 Å². The van der Waals surface area contributed by atoms with Crippen molar-refractivity contribution in [3.63, 3.8) is 0 Å². The highest BCUT2D eigenvalue weighted by molar-refractivity contribution is 5.49. The van der Waals surface area contributed by atoms with Gasteiger partial charge in [-0.3, -0.25) is 0 Å². The van der Waals surface area contributed by atoms with Crippen LogP contribution in [0, 0.1) is 5.92 Å². The smallest absolute Gasteiger partial charge is 0.128 e. The van der Waals surface area contributed by atoms with E-state index in [4.69, 9.17) is 4.42 Å². The molecule has 0 amide bonds. The fraction of sp³-hybridized carbons (Fsp3) is 0.500. The molecule has 0 radical (unpaired) electrons. The lowest BCUT2D eigenvalue weighted by Crippen LogP contribution is -2.48. The minimum Gasteiger partial charge on any atom is -0.465 e. The van der Waals surface area contributed by atoms with Crippen LogP contribution < -0.4 is 0 Å². The molecule has 4 heterocycles. The van der Waals surface area contributed by atoms with Crippen LogP contribution in [0.25, 0.3) is 6.08 Å². The van der Waals surface area contributed by atoms with Crippen molar-refractivity contribution in [3.05, 3.63) is 29.9 Å². The number of hydrogen-bond acceptors (Lipinski definition) is 3. The molecule has 3 fully saturated rings. The first-order chi connectivity index (χ1) is 7.34. The Morgan fingerprint density at radius 3 is 2.80 bits per heavy atom. The highest BCUT2D eigenvalue weighted by Gasteiger charge is 2.36. The molecule has 0 aromatic carbocycles. The second-order valence-electron chi connectivity index (χ2n) is 4.35. The quantitative estimate of drug-likeness (QED) is 0.758. The zero-order valence-electron chi connectivity index (χ0n) is 8.60. The van der Waals surface area contributed by atoms with Gasteiger partial charge in [-0.2, -0.15) is 0 Å². The maximum Gasteiger partial charge on any atom is 0.128 e. The van der Waals surface area contributed by atoms with Crippen molar-refractivity contribution in [2.45, 2.75) is 18.9 Å². The van der Waals surface area contributed by atoms with Crippen LogP contribution in [0.4, 0.5) is 0 Å². The maximum absolute atomic E-state index is 10.1. The molecule has 0 aliphatic carbocycles. The highest BCUT2D eigenvalue weighted by Crippen LogP contribution is 2.35. The Kier molecular flexibility index (Phi) is 2.06. The maximum atomic E-state index is 10.1. The molecule has 2 bridgehead atoms. The van der Waals surface area contributed by atoms with Gasteiger partial charge in [0, 0.05) is 24.9 Å². The van der Waals surface area contributed by atoms with Crippen LogP contribution in [0.2, 0.25) is 0 Å². The number of fused-ring (bicyclic) bond motifs is 3. The number of furan rings is 1.